The number of nitrogens with one attached hydrogen (secondary N) is 2. The summed E-state index contributed by atoms with van der Waals surface area (Å²) in [6.45, 7) is 1.94. The second-order valence-corrected chi connectivity index (χ2v) is 10.5. The van der Waals surface area contributed by atoms with Crippen LogP contribution in [-0.4, -0.2) is 29.0 Å². The summed E-state index contributed by atoms with van der Waals surface area (Å²) in [6.07, 6.45) is 5.33. The van der Waals surface area contributed by atoms with Crippen molar-refractivity contribution in [2.75, 3.05) is 10.2 Å². The molecule has 2 aliphatic rings. The number of aryl methyl sites for hydroxylation is 1. The van der Waals surface area contributed by atoms with Crippen LogP contribution in [0.25, 0.3) is 10.2 Å². The van der Waals surface area contributed by atoms with Crippen molar-refractivity contribution in [2.45, 2.75) is 44.7 Å². The van der Waals surface area contributed by atoms with Crippen molar-refractivity contribution >= 4 is 50.6 Å². The molecule has 0 saturated heterocycles. The molecule has 3 heterocycles. The molecule has 1 saturated carbocycles. The smallest absolute Gasteiger partial charge is 0.331 e. The molecular formula is C28H27N5O3S. The van der Waals surface area contributed by atoms with Crippen molar-refractivity contribution < 1.29 is 14.3 Å². The molecule has 2 atom stereocenters. The highest BCUT2D eigenvalue weighted by molar-refractivity contribution is 7.21. The molecule has 0 radical (unpaired) electrons. The summed E-state index contributed by atoms with van der Waals surface area (Å²) >= 11 is 1.29. The lowest BCUT2D eigenvalue weighted by Crippen LogP contribution is -2.42. The summed E-state index contributed by atoms with van der Waals surface area (Å²) in [7, 11) is 0. The van der Waals surface area contributed by atoms with Gasteiger partial charge in [-0.2, -0.15) is 0 Å². The van der Waals surface area contributed by atoms with E-state index in [2.05, 4.69) is 15.6 Å². The first-order valence-corrected chi connectivity index (χ1v) is 13.2. The first-order valence-electron chi connectivity index (χ1n) is 12.4. The molecule has 1 unspecified atom stereocenters. The highest BCUT2D eigenvalue weighted by Crippen LogP contribution is 2.46. The van der Waals surface area contributed by atoms with Crippen LogP contribution in [0, 0.1) is 6.92 Å². The number of nitrogens with zero attached hydrogens (tertiary/aromatic N) is 2. The van der Waals surface area contributed by atoms with E-state index in [0.717, 1.165) is 48.1 Å². The predicted octanol–water partition coefficient (Wildman–Crippen LogP) is 6.08. The molecule has 37 heavy (non-hydrogen) atoms. The Balaban J connectivity index is 1.33. The fourth-order valence-electron chi connectivity index (χ4n) is 5.16. The van der Waals surface area contributed by atoms with E-state index in [0.29, 0.717) is 26.8 Å². The van der Waals surface area contributed by atoms with Crippen LogP contribution in [0.15, 0.2) is 60.8 Å². The van der Waals surface area contributed by atoms with Crippen molar-refractivity contribution in [1.82, 2.24) is 10.3 Å². The van der Waals surface area contributed by atoms with Crippen LogP contribution >= 0.6 is 11.3 Å². The molecule has 1 fully saturated rings. The minimum atomic E-state index is -0.327. The summed E-state index contributed by atoms with van der Waals surface area (Å²) in [5.74, 6) is 1.22. The molecule has 0 spiro atoms. The zero-order valence-electron chi connectivity index (χ0n) is 20.4. The number of anilines is 3. The van der Waals surface area contributed by atoms with E-state index in [1.807, 2.05) is 61.5 Å². The van der Waals surface area contributed by atoms with Crippen LogP contribution in [-0.2, 0) is 0 Å². The Morgan fingerprint density at radius 2 is 1.97 bits per heavy atom. The Labute approximate surface area is 218 Å². The van der Waals surface area contributed by atoms with Crippen LogP contribution < -0.4 is 26.0 Å². The minimum absolute atomic E-state index is 0.0381. The number of hydrogen-bond donors (Lipinski definition) is 3. The lowest BCUT2D eigenvalue weighted by atomic mass is 9.91. The van der Waals surface area contributed by atoms with Crippen LogP contribution in [0.2, 0.25) is 0 Å². The van der Waals surface area contributed by atoms with Gasteiger partial charge in [-0.3, -0.25) is 9.69 Å². The molecule has 1 aliphatic carbocycles. The van der Waals surface area contributed by atoms with Gasteiger partial charge in [0.05, 0.1) is 22.4 Å². The number of rotatable bonds is 5. The van der Waals surface area contributed by atoms with E-state index in [1.165, 1.54) is 11.3 Å². The van der Waals surface area contributed by atoms with Crippen molar-refractivity contribution in [1.29, 1.82) is 0 Å². The number of benzene rings is 2. The summed E-state index contributed by atoms with van der Waals surface area (Å²) in [5.41, 5.74) is 8.92. The third kappa shape index (κ3) is 4.41. The highest BCUT2D eigenvalue weighted by atomic mass is 32.1. The first-order chi connectivity index (χ1) is 18.0. The van der Waals surface area contributed by atoms with Crippen molar-refractivity contribution in [2.24, 2.45) is 5.73 Å². The van der Waals surface area contributed by atoms with Crippen LogP contribution in [0.4, 0.5) is 21.9 Å². The van der Waals surface area contributed by atoms with Gasteiger partial charge in [0, 0.05) is 18.3 Å². The van der Waals surface area contributed by atoms with E-state index in [1.54, 1.807) is 11.1 Å². The number of thiophene rings is 1. The zero-order valence-corrected chi connectivity index (χ0v) is 21.2. The summed E-state index contributed by atoms with van der Waals surface area (Å²) in [6, 6.07) is 16.8. The van der Waals surface area contributed by atoms with Gasteiger partial charge in [-0.1, -0.05) is 18.2 Å². The number of hydrogen-bond acceptors (Lipinski definition) is 6. The molecular weight excluding hydrogens is 486 g/mol. The Morgan fingerprint density at radius 3 is 2.76 bits per heavy atom. The molecule has 2 aromatic heterocycles. The van der Waals surface area contributed by atoms with E-state index in [-0.39, 0.29) is 24.0 Å². The van der Waals surface area contributed by atoms with E-state index in [4.69, 9.17) is 10.5 Å². The quantitative estimate of drug-likeness (QED) is 0.300. The van der Waals surface area contributed by atoms with E-state index in [9.17, 15) is 9.59 Å². The molecule has 8 nitrogen and oxygen atoms in total. The number of aromatic nitrogens is 1. The van der Waals surface area contributed by atoms with Gasteiger partial charge >= 0.3 is 6.03 Å². The maximum atomic E-state index is 13.5. The van der Waals surface area contributed by atoms with Gasteiger partial charge in [0.15, 0.2) is 0 Å². The van der Waals surface area contributed by atoms with Gasteiger partial charge in [-0.05, 0) is 74.6 Å². The van der Waals surface area contributed by atoms with Crippen molar-refractivity contribution in [3.63, 3.8) is 0 Å². The lowest BCUT2D eigenvalue weighted by Gasteiger charge is -2.30. The normalized spacial score (nSPS) is 19.0. The zero-order chi connectivity index (χ0) is 25.5. The largest absolute Gasteiger partial charge is 0.457 e. The topological polar surface area (TPSA) is 110 Å². The van der Waals surface area contributed by atoms with Gasteiger partial charge in [-0.15, -0.1) is 11.3 Å². The molecule has 4 aromatic rings. The predicted molar refractivity (Wildman–Crippen MR) is 146 cm³/mol. The van der Waals surface area contributed by atoms with Gasteiger partial charge in [0.2, 0.25) is 0 Å². The second-order valence-electron chi connectivity index (χ2n) is 9.54. The molecule has 3 amide bonds. The lowest BCUT2D eigenvalue weighted by molar-refractivity contribution is 0.0930. The SMILES string of the molecule is Cc1cc(Oc2ccccc2)ccc1N1C(=O)Nc2c(C(=O)NC3CCC[C@@H](N)C3)sc3nccc1c23. The van der Waals surface area contributed by atoms with Gasteiger partial charge in [-0.25, -0.2) is 9.78 Å². The molecule has 188 valence electrons. The maximum Gasteiger partial charge on any atom is 0.331 e. The molecule has 0 bridgehead atoms. The fourth-order valence-corrected chi connectivity index (χ4v) is 6.18. The van der Waals surface area contributed by atoms with E-state index >= 15 is 0 Å². The Hall–Kier alpha value is -3.95. The van der Waals surface area contributed by atoms with Gasteiger partial charge in [0.25, 0.3) is 5.91 Å². The highest BCUT2D eigenvalue weighted by Gasteiger charge is 2.34. The Bertz CT molecular complexity index is 1500. The number of carbonyl (C=O) groups is 2. The molecule has 6 rings (SSSR count). The summed E-state index contributed by atoms with van der Waals surface area (Å²) in [4.78, 5) is 34.0. The van der Waals surface area contributed by atoms with Crippen LogP contribution in [0.5, 0.6) is 11.5 Å². The second kappa shape index (κ2) is 9.49. The number of para-hydroxylation sites is 1. The Morgan fingerprint density at radius 1 is 1.14 bits per heavy atom. The van der Waals surface area contributed by atoms with Crippen LogP contribution in [0.1, 0.15) is 40.9 Å². The summed E-state index contributed by atoms with van der Waals surface area (Å²) in [5, 5.41) is 6.86. The number of nitrogens with two attached hydrogens (primary N) is 1. The minimum Gasteiger partial charge on any atom is -0.457 e. The number of pyridine rings is 1. The third-order valence-electron chi connectivity index (χ3n) is 6.89. The standard InChI is InChI=1S/C28H27N5O3S/c1-16-14-20(36-19-8-3-2-4-9-19)10-11-21(16)33-22-12-13-30-27-23(22)24(32-28(33)35)25(37-27)26(34)31-18-7-5-6-17(29)15-18/h2-4,8-14,17-18H,5-7,15,29H2,1H3,(H,31,34)(H,32,35)/t17-,18?/m1/s1. The van der Waals surface area contributed by atoms with Crippen molar-refractivity contribution in [3.05, 3.63) is 71.2 Å². The number of urea groups is 1. The third-order valence-corrected chi connectivity index (χ3v) is 7.99. The average Bonchev–Trinajstić information content (AvgIpc) is 3.25. The number of amides is 3. The summed E-state index contributed by atoms with van der Waals surface area (Å²) < 4.78 is 5.96. The molecule has 9 heteroatoms. The van der Waals surface area contributed by atoms with Gasteiger partial charge < -0.3 is 21.1 Å². The average molecular weight is 514 g/mol. The maximum absolute atomic E-state index is 13.5. The van der Waals surface area contributed by atoms with E-state index < -0.39 is 0 Å². The first kappa shape index (κ1) is 23.4. The fraction of sp³-hybridized carbons (Fsp3) is 0.250. The molecule has 1 aliphatic heterocycles. The number of ether oxygens (including phenoxy) is 1. The monoisotopic (exact) mass is 513 g/mol. The van der Waals surface area contributed by atoms with Gasteiger partial charge in [0.1, 0.15) is 21.2 Å². The molecule has 4 N–H and O–H groups in total. The molecule has 2 aromatic carbocycles. The van der Waals surface area contributed by atoms with Crippen molar-refractivity contribution in [3.8, 4) is 11.5 Å². The Kier molecular flexibility index (Phi) is 6.02. The number of carbonyl (C=O) groups excluding carboxylic acids is 2. The van der Waals surface area contributed by atoms with Crippen LogP contribution in [0.3, 0.4) is 0 Å².